The van der Waals surface area contributed by atoms with Crippen LogP contribution in [-0.4, -0.2) is 35.0 Å². The number of aromatic nitrogens is 1. The van der Waals surface area contributed by atoms with E-state index in [1.54, 1.807) is 31.4 Å². The van der Waals surface area contributed by atoms with Gasteiger partial charge >= 0.3 is 5.97 Å². The molecule has 0 saturated carbocycles. The average Bonchev–Trinajstić information content (AvgIpc) is 3.48. The molecule has 5 rings (SSSR count). The zero-order valence-electron chi connectivity index (χ0n) is 22.7. The van der Waals surface area contributed by atoms with Crippen molar-refractivity contribution in [2.24, 2.45) is 11.8 Å². The van der Waals surface area contributed by atoms with Gasteiger partial charge in [-0.3, -0.25) is 14.4 Å². The van der Waals surface area contributed by atoms with Gasteiger partial charge in [0, 0.05) is 21.5 Å². The van der Waals surface area contributed by atoms with E-state index in [2.05, 4.69) is 15.6 Å². The number of carboxylic acids is 1. The molecule has 0 aliphatic heterocycles. The molecule has 10 heteroatoms. The third kappa shape index (κ3) is 7.07. The maximum Gasteiger partial charge on any atom is 0.307 e. The number of carboxylic acid groups (broad SMARTS) is 1. The summed E-state index contributed by atoms with van der Waals surface area (Å²) in [4.78, 5) is 43.6. The van der Waals surface area contributed by atoms with Crippen LogP contribution in [0, 0.1) is 11.8 Å². The van der Waals surface area contributed by atoms with Gasteiger partial charge in [-0.25, -0.2) is 4.98 Å². The molecule has 3 atom stereocenters. The second-order valence-corrected chi connectivity index (χ2v) is 11.7. The predicted octanol–water partition coefficient (Wildman–Crippen LogP) is 6.90. The average molecular weight is 600 g/mol. The van der Waals surface area contributed by atoms with Crippen molar-refractivity contribution >= 4 is 51.7 Å². The SMILES string of the molecule is COc1ccc(-c2csc(NC(=O)C(Sc3cccc(NC(=O)C4CC=CCC4C(=O)O)c3)c3ccccc3)n2)cc1. The number of thioether (sulfide) groups is 1. The lowest BCUT2D eigenvalue weighted by Gasteiger charge is -2.24. The number of aliphatic carboxylic acids is 1. The van der Waals surface area contributed by atoms with E-state index < -0.39 is 23.1 Å². The van der Waals surface area contributed by atoms with Gasteiger partial charge in [0.2, 0.25) is 11.8 Å². The summed E-state index contributed by atoms with van der Waals surface area (Å²) >= 11 is 2.70. The van der Waals surface area contributed by atoms with Crippen LogP contribution in [0.15, 0.2) is 101 Å². The molecule has 0 fully saturated rings. The van der Waals surface area contributed by atoms with Crippen LogP contribution in [0.5, 0.6) is 5.75 Å². The topological polar surface area (TPSA) is 118 Å². The lowest BCUT2D eigenvalue weighted by Crippen LogP contribution is -2.34. The Kier molecular flexibility index (Phi) is 9.35. The molecule has 3 aromatic carbocycles. The number of nitrogens with one attached hydrogen (secondary N) is 2. The largest absolute Gasteiger partial charge is 0.497 e. The molecule has 214 valence electrons. The molecule has 3 N–H and O–H groups in total. The monoisotopic (exact) mass is 599 g/mol. The Morgan fingerprint density at radius 2 is 1.69 bits per heavy atom. The van der Waals surface area contributed by atoms with E-state index in [1.807, 2.05) is 72.1 Å². The second kappa shape index (κ2) is 13.5. The second-order valence-electron chi connectivity index (χ2n) is 9.68. The maximum atomic E-state index is 13.6. The molecule has 8 nitrogen and oxygen atoms in total. The maximum absolute atomic E-state index is 13.6. The minimum absolute atomic E-state index is 0.227. The number of methoxy groups -OCH3 is 1. The Labute approximate surface area is 251 Å². The number of carbonyl (C=O) groups is 3. The number of hydrogen-bond acceptors (Lipinski definition) is 7. The normalized spacial score (nSPS) is 16.8. The van der Waals surface area contributed by atoms with Crippen LogP contribution in [-0.2, 0) is 14.4 Å². The molecule has 1 aliphatic carbocycles. The lowest BCUT2D eigenvalue weighted by atomic mass is 9.82. The Balaban J connectivity index is 1.31. The Bertz CT molecular complexity index is 1590. The van der Waals surface area contributed by atoms with Gasteiger partial charge in [-0.15, -0.1) is 23.1 Å². The summed E-state index contributed by atoms with van der Waals surface area (Å²) in [6, 6.07) is 24.2. The van der Waals surface area contributed by atoms with Crippen LogP contribution in [0.1, 0.15) is 23.7 Å². The first-order valence-corrected chi connectivity index (χ1v) is 15.1. The number of nitrogens with zero attached hydrogens (tertiary/aromatic N) is 1. The van der Waals surface area contributed by atoms with Crippen LogP contribution >= 0.6 is 23.1 Å². The van der Waals surface area contributed by atoms with Crippen LogP contribution in [0.3, 0.4) is 0 Å². The van der Waals surface area contributed by atoms with Crippen LogP contribution < -0.4 is 15.4 Å². The van der Waals surface area contributed by atoms with Crippen molar-refractivity contribution in [3.8, 4) is 17.0 Å². The van der Waals surface area contributed by atoms with Crippen molar-refractivity contribution in [3.63, 3.8) is 0 Å². The van der Waals surface area contributed by atoms with E-state index in [9.17, 15) is 19.5 Å². The highest BCUT2D eigenvalue weighted by Gasteiger charge is 2.34. The predicted molar refractivity (Wildman–Crippen MR) is 166 cm³/mol. The standard InChI is InChI=1S/C32H29N3O5S2/c1-40-23-16-14-20(15-17-23)27-19-41-32(34-27)35-30(37)28(21-8-3-2-4-9-21)42-24-11-7-10-22(18-24)33-29(36)25-12-5-6-13-26(25)31(38)39/h2-11,14-19,25-26,28H,12-13H2,1H3,(H,33,36)(H,38,39)(H,34,35,37). The molecule has 3 unspecified atom stereocenters. The zero-order chi connectivity index (χ0) is 29.5. The first kappa shape index (κ1) is 29.1. The van der Waals surface area contributed by atoms with E-state index in [1.165, 1.54) is 23.1 Å². The molecule has 0 radical (unpaired) electrons. The van der Waals surface area contributed by atoms with E-state index >= 15 is 0 Å². The van der Waals surface area contributed by atoms with Crippen molar-refractivity contribution in [1.82, 2.24) is 4.98 Å². The summed E-state index contributed by atoms with van der Waals surface area (Å²) in [7, 11) is 1.62. The number of ether oxygens (including phenoxy) is 1. The van der Waals surface area contributed by atoms with Gasteiger partial charge in [0.1, 0.15) is 11.0 Å². The minimum atomic E-state index is -0.975. The number of amides is 2. The summed E-state index contributed by atoms with van der Waals surface area (Å²) in [5.41, 5.74) is 3.03. The van der Waals surface area contributed by atoms with Crippen molar-refractivity contribution in [1.29, 1.82) is 0 Å². The van der Waals surface area contributed by atoms with E-state index in [0.717, 1.165) is 27.5 Å². The summed E-state index contributed by atoms with van der Waals surface area (Å²) in [6.45, 7) is 0. The fourth-order valence-electron chi connectivity index (χ4n) is 4.69. The van der Waals surface area contributed by atoms with Gasteiger partial charge in [-0.1, -0.05) is 48.6 Å². The first-order chi connectivity index (χ1) is 20.4. The fourth-order valence-corrected chi connectivity index (χ4v) is 6.50. The molecule has 2 amide bonds. The molecule has 1 aliphatic rings. The van der Waals surface area contributed by atoms with Crippen molar-refractivity contribution < 1.29 is 24.2 Å². The molecule has 0 bridgehead atoms. The number of thiazole rings is 1. The Hall–Kier alpha value is -4.41. The molecule has 0 saturated heterocycles. The third-order valence-corrected chi connectivity index (χ3v) is 8.91. The molecule has 42 heavy (non-hydrogen) atoms. The van der Waals surface area contributed by atoms with E-state index in [-0.39, 0.29) is 11.8 Å². The van der Waals surface area contributed by atoms with Crippen molar-refractivity contribution in [2.75, 3.05) is 17.7 Å². The first-order valence-electron chi connectivity index (χ1n) is 13.3. The summed E-state index contributed by atoms with van der Waals surface area (Å²) in [5.74, 6) is -2.18. The van der Waals surface area contributed by atoms with E-state index in [0.29, 0.717) is 23.7 Å². The van der Waals surface area contributed by atoms with Crippen LogP contribution in [0.2, 0.25) is 0 Å². The van der Waals surface area contributed by atoms with Crippen molar-refractivity contribution in [2.45, 2.75) is 23.0 Å². The van der Waals surface area contributed by atoms with Gasteiger partial charge in [-0.2, -0.15) is 0 Å². The summed E-state index contributed by atoms with van der Waals surface area (Å²) in [5, 5.41) is 17.2. The molecular formula is C32H29N3O5S2. The fraction of sp³-hybridized carbons (Fsp3) is 0.188. The highest BCUT2D eigenvalue weighted by molar-refractivity contribution is 8.00. The van der Waals surface area contributed by atoms with Gasteiger partial charge in [0.15, 0.2) is 5.13 Å². The van der Waals surface area contributed by atoms with E-state index in [4.69, 9.17) is 4.74 Å². The minimum Gasteiger partial charge on any atom is -0.497 e. The number of benzene rings is 3. The third-order valence-electron chi connectivity index (χ3n) is 6.90. The molecule has 1 heterocycles. The highest BCUT2D eigenvalue weighted by Crippen LogP contribution is 2.38. The smallest absolute Gasteiger partial charge is 0.307 e. The van der Waals surface area contributed by atoms with Gasteiger partial charge in [0.25, 0.3) is 0 Å². The Morgan fingerprint density at radius 3 is 2.40 bits per heavy atom. The molecule has 0 spiro atoms. The van der Waals surface area contributed by atoms with Gasteiger partial charge in [-0.05, 0) is 60.9 Å². The quantitative estimate of drug-likeness (QED) is 0.134. The number of anilines is 2. The number of carbonyl (C=O) groups excluding carboxylic acids is 2. The summed E-state index contributed by atoms with van der Waals surface area (Å²) < 4.78 is 5.23. The van der Waals surface area contributed by atoms with Crippen LogP contribution in [0.25, 0.3) is 11.3 Å². The molecular weight excluding hydrogens is 571 g/mol. The van der Waals surface area contributed by atoms with Crippen LogP contribution in [0.4, 0.5) is 10.8 Å². The number of hydrogen-bond donors (Lipinski definition) is 3. The van der Waals surface area contributed by atoms with Gasteiger partial charge < -0.3 is 20.5 Å². The molecule has 1 aromatic heterocycles. The van der Waals surface area contributed by atoms with Gasteiger partial charge in [0.05, 0.1) is 24.6 Å². The lowest BCUT2D eigenvalue weighted by molar-refractivity contribution is -0.146. The Morgan fingerprint density at radius 1 is 0.952 bits per heavy atom. The number of allylic oxidation sites excluding steroid dienone is 2. The molecule has 4 aromatic rings. The zero-order valence-corrected chi connectivity index (χ0v) is 24.4. The summed E-state index contributed by atoms with van der Waals surface area (Å²) in [6.07, 6.45) is 4.37. The highest BCUT2D eigenvalue weighted by atomic mass is 32.2. The van der Waals surface area contributed by atoms with Crippen molar-refractivity contribution in [3.05, 3.63) is 102 Å². The number of rotatable bonds is 10.